The van der Waals surface area contributed by atoms with Gasteiger partial charge in [-0.2, -0.15) is 0 Å². The Hall–Kier alpha value is -0.930. The fourth-order valence-corrected chi connectivity index (χ4v) is 1.82. The normalized spacial score (nSPS) is 10.0. The van der Waals surface area contributed by atoms with E-state index in [4.69, 9.17) is 10.5 Å². The zero-order valence-corrected chi connectivity index (χ0v) is 8.93. The Morgan fingerprint density at radius 3 is 2.93 bits per heavy atom. The highest BCUT2D eigenvalue weighted by Gasteiger charge is 1.97. The molecule has 0 heterocycles. The molecule has 0 unspecified atom stereocenters. The van der Waals surface area contributed by atoms with Crippen molar-refractivity contribution in [2.24, 2.45) is 0 Å². The number of ether oxygens (including phenoxy) is 1. The second kappa shape index (κ2) is 6.51. The van der Waals surface area contributed by atoms with Gasteiger partial charge < -0.3 is 10.5 Å². The Morgan fingerprint density at radius 1 is 1.43 bits per heavy atom. The number of anilines is 1. The van der Waals surface area contributed by atoms with Gasteiger partial charge in [0.05, 0.1) is 13.2 Å². The first-order valence-corrected chi connectivity index (χ1v) is 5.49. The lowest BCUT2D eigenvalue weighted by atomic mass is 10.3. The first-order chi connectivity index (χ1) is 6.84. The van der Waals surface area contributed by atoms with Crippen LogP contribution in [-0.4, -0.2) is 19.0 Å². The Bertz CT molecular complexity index is 288. The predicted molar refractivity (Wildman–Crippen MR) is 62.6 cm³/mol. The maximum absolute atomic E-state index is 5.78. The van der Waals surface area contributed by atoms with E-state index in [9.17, 15) is 0 Å². The summed E-state index contributed by atoms with van der Waals surface area (Å²) in [5.41, 5.74) is 6.62. The van der Waals surface area contributed by atoms with Crippen LogP contribution < -0.4 is 5.73 Å². The Balaban J connectivity index is 2.24. The fraction of sp³-hybridized carbons (Fsp3) is 0.273. The minimum Gasteiger partial charge on any atom is -0.398 e. The van der Waals surface area contributed by atoms with Gasteiger partial charge in [-0.25, -0.2) is 0 Å². The van der Waals surface area contributed by atoms with Crippen LogP contribution in [0.4, 0.5) is 5.69 Å². The summed E-state index contributed by atoms with van der Waals surface area (Å²) < 4.78 is 5.26. The molecule has 1 rings (SSSR count). The van der Waals surface area contributed by atoms with E-state index in [1.165, 1.54) is 0 Å². The maximum atomic E-state index is 5.78. The van der Waals surface area contributed by atoms with E-state index in [1.807, 2.05) is 24.3 Å². The van der Waals surface area contributed by atoms with E-state index in [0.717, 1.165) is 22.9 Å². The number of para-hydroxylation sites is 1. The molecule has 0 radical (unpaired) electrons. The first-order valence-electron chi connectivity index (χ1n) is 4.50. The van der Waals surface area contributed by atoms with Gasteiger partial charge in [0.25, 0.3) is 0 Å². The topological polar surface area (TPSA) is 35.2 Å². The van der Waals surface area contributed by atoms with Gasteiger partial charge in [0.2, 0.25) is 0 Å². The zero-order chi connectivity index (χ0) is 10.2. The summed E-state index contributed by atoms with van der Waals surface area (Å²) in [4.78, 5) is 1.12. The highest BCUT2D eigenvalue weighted by atomic mass is 32.2. The molecule has 0 saturated carbocycles. The van der Waals surface area contributed by atoms with Crippen molar-refractivity contribution in [2.45, 2.75) is 4.90 Å². The molecule has 14 heavy (non-hydrogen) atoms. The SMILES string of the molecule is C=CCOCCSc1ccccc1N. The van der Waals surface area contributed by atoms with E-state index in [1.54, 1.807) is 17.8 Å². The number of nitrogens with two attached hydrogens (primary N) is 1. The second-order valence-corrected chi connectivity index (χ2v) is 3.89. The van der Waals surface area contributed by atoms with Crippen LogP contribution in [0.5, 0.6) is 0 Å². The van der Waals surface area contributed by atoms with Gasteiger partial charge in [-0.3, -0.25) is 0 Å². The Kier molecular flexibility index (Phi) is 5.19. The van der Waals surface area contributed by atoms with Gasteiger partial charge in [-0.05, 0) is 12.1 Å². The summed E-state index contributed by atoms with van der Waals surface area (Å²) in [6.45, 7) is 4.92. The fourth-order valence-electron chi connectivity index (χ4n) is 0.989. The van der Waals surface area contributed by atoms with Gasteiger partial charge in [0.1, 0.15) is 0 Å². The van der Waals surface area contributed by atoms with Crippen molar-refractivity contribution in [3.63, 3.8) is 0 Å². The Morgan fingerprint density at radius 2 is 2.21 bits per heavy atom. The lowest BCUT2D eigenvalue weighted by Crippen LogP contribution is -1.97. The molecule has 0 aliphatic heterocycles. The number of benzene rings is 1. The number of nitrogen functional groups attached to an aromatic ring is 1. The number of hydrogen-bond acceptors (Lipinski definition) is 3. The second-order valence-electron chi connectivity index (χ2n) is 2.75. The molecule has 1 aromatic carbocycles. The third-order valence-electron chi connectivity index (χ3n) is 1.64. The van der Waals surface area contributed by atoms with E-state index in [2.05, 4.69) is 6.58 Å². The van der Waals surface area contributed by atoms with Crippen molar-refractivity contribution < 1.29 is 4.74 Å². The van der Waals surface area contributed by atoms with Gasteiger partial charge in [-0.15, -0.1) is 18.3 Å². The molecule has 2 N–H and O–H groups in total. The van der Waals surface area contributed by atoms with E-state index in [-0.39, 0.29) is 0 Å². The van der Waals surface area contributed by atoms with Crippen molar-refractivity contribution in [1.29, 1.82) is 0 Å². The zero-order valence-electron chi connectivity index (χ0n) is 8.11. The average Bonchev–Trinajstić information content (AvgIpc) is 2.20. The van der Waals surface area contributed by atoms with Crippen LogP contribution in [0.3, 0.4) is 0 Å². The molecule has 76 valence electrons. The molecule has 0 aliphatic carbocycles. The monoisotopic (exact) mass is 209 g/mol. The van der Waals surface area contributed by atoms with Gasteiger partial charge in [-0.1, -0.05) is 18.2 Å². The van der Waals surface area contributed by atoms with Gasteiger partial charge in [0, 0.05) is 16.3 Å². The van der Waals surface area contributed by atoms with Crippen LogP contribution >= 0.6 is 11.8 Å². The molecule has 0 saturated heterocycles. The van der Waals surface area contributed by atoms with E-state index in [0.29, 0.717) is 6.61 Å². The predicted octanol–water partition coefficient (Wildman–Crippen LogP) is 2.56. The quantitative estimate of drug-likeness (QED) is 0.338. The standard InChI is InChI=1S/C11H15NOS/c1-2-7-13-8-9-14-11-6-4-3-5-10(11)12/h2-6H,1,7-9,12H2. The van der Waals surface area contributed by atoms with Crippen LogP contribution in [0.2, 0.25) is 0 Å². The summed E-state index contributed by atoms with van der Waals surface area (Å²) in [6.07, 6.45) is 1.75. The molecule has 2 nitrogen and oxygen atoms in total. The van der Waals surface area contributed by atoms with Crippen LogP contribution in [0.1, 0.15) is 0 Å². The van der Waals surface area contributed by atoms with Gasteiger partial charge >= 0.3 is 0 Å². The highest BCUT2D eigenvalue weighted by Crippen LogP contribution is 2.23. The molecule has 0 aliphatic rings. The Labute approximate surface area is 89.1 Å². The maximum Gasteiger partial charge on any atom is 0.0645 e. The van der Waals surface area contributed by atoms with Crippen LogP contribution in [0.15, 0.2) is 41.8 Å². The summed E-state index contributed by atoms with van der Waals surface area (Å²) in [5.74, 6) is 0.919. The first kappa shape index (κ1) is 11.1. The molecule has 3 heteroatoms. The lowest BCUT2D eigenvalue weighted by molar-refractivity contribution is 0.180. The third kappa shape index (κ3) is 3.85. The molecule has 1 aromatic rings. The van der Waals surface area contributed by atoms with Crippen molar-refractivity contribution in [2.75, 3.05) is 24.7 Å². The molecular formula is C11H15NOS. The molecule has 0 aromatic heterocycles. The van der Waals surface area contributed by atoms with Crippen molar-refractivity contribution in [3.8, 4) is 0 Å². The van der Waals surface area contributed by atoms with E-state index < -0.39 is 0 Å². The molecule has 0 fully saturated rings. The largest absolute Gasteiger partial charge is 0.398 e. The number of rotatable bonds is 6. The summed E-state index contributed by atoms with van der Waals surface area (Å²) >= 11 is 1.71. The highest BCUT2D eigenvalue weighted by molar-refractivity contribution is 7.99. The average molecular weight is 209 g/mol. The van der Waals surface area contributed by atoms with Crippen molar-refractivity contribution in [1.82, 2.24) is 0 Å². The van der Waals surface area contributed by atoms with Crippen LogP contribution in [0, 0.1) is 0 Å². The van der Waals surface area contributed by atoms with Crippen molar-refractivity contribution >= 4 is 17.4 Å². The summed E-state index contributed by atoms with van der Waals surface area (Å²) in [5, 5.41) is 0. The third-order valence-corrected chi connectivity index (χ3v) is 2.69. The molecule has 0 atom stereocenters. The molecular weight excluding hydrogens is 194 g/mol. The summed E-state index contributed by atoms with van der Waals surface area (Å²) in [6, 6.07) is 7.86. The number of hydrogen-bond donors (Lipinski definition) is 1. The van der Waals surface area contributed by atoms with Crippen LogP contribution in [-0.2, 0) is 4.74 Å². The smallest absolute Gasteiger partial charge is 0.0645 e. The van der Waals surface area contributed by atoms with Crippen LogP contribution in [0.25, 0.3) is 0 Å². The molecule has 0 spiro atoms. The van der Waals surface area contributed by atoms with E-state index >= 15 is 0 Å². The minimum absolute atomic E-state index is 0.616. The molecule has 0 bridgehead atoms. The van der Waals surface area contributed by atoms with Gasteiger partial charge in [0.15, 0.2) is 0 Å². The van der Waals surface area contributed by atoms with Crippen molar-refractivity contribution in [3.05, 3.63) is 36.9 Å². The number of thioether (sulfide) groups is 1. The molecule has 0 amide bonds. The lowest BCUT2D eigenvalue weighted by Gasteiger charge is -2.04. The minimum atomic E-state index is 0.616. The summed E-state index contributed by atoms with van der Waals surface area (Å²) in [7, 11) is 0.